The molecule has 0 bridgehead atoms. The lowest BCUT2D eigenvalue weighted by molar-refractivity contribution is 0.433. The molecule has 0 aliphatic rings. The summed E-state index contributed by atoms with van der Waals surface area (Å²) in [6, 6.07) is 0. The van der Waals surface area contributed by atoms with Crippen molar-refractivity contribution < 1.29 is 12.9 Å². The van der Waals surface area contributed by atoms with Crippen molar-refractivity contribution in [3.63, 3.8) is 0 Å². The van der Waals surface area contributed by atoms with Gasteiger partial charge < -0.3 is 0 Å². The first kappa shape index (κ1) is 5.40. The van der Waals surface area contributed by atoms with Gasteiger partial charge in [-0.1, -0.05) is 0 Å². The molecule has 0 aromatic heterocycles. The molecule has 0 spiro atoms. The summed E-state index contributed by atoms with van der Waals surface area (Å²) in [7, 11) is 0. The van der Waals surface area contributed by atoms with E-state index in [1.165, 1.54) is 0 Å². The fourth-order valence-corrected chi connectivity index (χ4v) is 0.0956. The summed E-state index contributed by atoms with van der Waals surface area (Å²) in [5.74, 6) is 0. The van der Waals surface area contributed by atoms with Crippen molar-refractivity contribution in [3.05, 3.63) is 0 Å². The number of rotatable bonds is 1. The lowest BCUT2D eigenvalue weighted by Gasteiger charge is -1.74. The third kappa shape index (κ3) is 3.40. The van der Waals surface area contributed by atoms with E-state index in [0.717, 1.165) is 6.26 Å². The number of hydrogen-bond acceptors (Lipinski definition) is 3. The van der Waals surface area contributed by atoms with Crippen molar-refractivity contribution in [2.24, 2.45) is 0 Å². The predicted octanol–water partition coefficient (Wildman–Crippen LogP) is -0.379. The lowest BCUT2D eigenvalue weighted by Crippen LogP contribution is -1.84. The summed E-state index contributed by atoms with van der Waals surface area (Å²) in [5.41, 5.74) is 0. The maximum atomic E-state index is 9.27. The van der Waals surface area contributed by atoms with Crippen LogP contribution in [0.2, 0.25) is 0 Å². The zero-order valence-electron chi connectivity index (χ0n) is 2.62. The summed E-state index contributed by atoms with van der Waals surface area (Å²) in [6.07, 6.45) is 1.02. The van der Waals surface area contributed by atoms with E-state index in [-0.39, 0.29) is 0 Å². The second kappa shape index (κ2) is 2.63. The first-order valence-electron chi connectivity index (χ1n) is 0.944. The van der Waals surface area contributed by atoms with Crippen LogP contribution >= 0.6 is 0 Å². The number of nitriles is 1. The van der Waals surface area contributed by atoms with Crippen LogP contribution in [0.3, 0.4) is 0 Å². The van der Waals surface area contributed by atoms with Gasteiger partial charge in [-0.05, 0) is 0 Å². The monoisotopic (exact) mass is 107 g/mol. The topological polar surface area (TPSA) is 70.3 Å². The zero-order valence-corrected chi connectivity index (χ0v) is 3.44. The highest BCUT2D eigenvalue weighted by Crippen LogP contribution is 1.68. The molecule has 1 N–H and O–H groups in total. The Labute approximate surface area is 36.8 Å². The number of nitrogens with zero attached hydrogens (tertiary/aromatic N) is 1. The van der Waals surface area contributed by atoms with Crippen LogP contribution in [0.4, 0.5) is 0 Å². The molecule has 0 fully saturated rings. The molecule has 0 aromatic carbocycles. The minimum atomic E-state index is -2.43. The smallest absolute Gasteiger partial charge is 0.300 e. The summed E-state index contributed by atoms with van der Waals surface area (Å²) in [4.78, 5) is 0. The van der Waals surface area contributed by atoms with Gasteiger partial charge in [-0.3, -0.25) is 8.74 Å². The molecule has 1 atom stereocenters. The average molecular weight is 107 g/mol. The van der Waals surface area contributed by atoms with Gasteiger partial charge in [-0.2, -0.15) is 4.21 Å². The van der Waals surface area contributed by atoms with Gasteiger partial charge in [-0.15, -0.1) is 5.26 Å². The van der Waals surface area contributed by atoms with E-state index in [4.69, 9.17) is 9.81 Å². The molecule has 0 radical (unpaired) electrons. The SMILES string of the molecule is N#COS(=O)O. The van der Waals surface area contributed by atoms with E-state index in [9.17, 15) is 4.21 Å². The molecule has 0 heterocycles. The molecule has 34 valence electrons. The van der Waals surface area contributed by atoms with E-state index >= 15 is 0 Å². The highest BCUT2D eigenvalue weighted by atomic mass is 32.2. The Morgan fingerprint density at radius 2 is 2.50 bits per heavy atom. The summed E-state index contributed by atoms with van der Waals surface area (Å²) < 4.78 is 20.2. The number of hydrogen-bond donors (Lipinski definition) is 1. The lowest BCUT2D eigenvalue weighted by atomic mass is 11.6. The Morgan fingerprint density at radius 3 is 2.50 bits per heavy atom. The molecule has 0 amide bonds. The van der Waals surface area contributed by atoms with Gasteiger partial charge in [-0.25, -0.2) is 0 Å². The Kier molecular flexibility index (Phi) is 2.36. The molecule has 6 heavy (non-hydrogen) atoms. The third-order valence-electron chi connectivity index (χ3n) is 0.109. The van der Waals surface area contributed by atoms with Crippen molar-refractivity contribution in [2.45, 2.75) is 0 Å². The van der Waals surface area contributed by atoms with Crippen molar-refractivity contribution in [1.82, 2.24) is 0 Å². The standard InChI is InChI=1S/CHNO3S/c2-1-5-6(3)4/h(H,3,4). The molecule has 0 rings (SSSR count). The third-order valence-corrected chi connectivity index (χ3v) is 0.326. The van der Waals surface area contributed by atoms with Crippen LogP contribution in [0.1, 0.15) is 0 Å². The molecular formula is CHNO3S. The van der Waals surface area contributed by atoms with Gasteiger partial charge >= 0.3 is 17.6 Å². The normalized spacial score (nSPS) is 12.0. The molecule has 0 saturated carbocycles. The van der Waals surface area contributed by atoms with Crippen LogP contribution in [-0.4, -0.2) is 8.76 Å². The van der Waals surface area contributed by atoms with Gasteiger partial charge in [0, 0.05) is 0 Å². The van der Waals surface area contributed by atoms with Gasteiger partial charge in [0.2, 0.25) is 0 Å². The Bertz CT molecular complexity index is 93.5. The van der Waals surface area contributed by atoms with Crippen LogP contribution < -0.4 is 0 Å². The maximum Gasteiger partial charge on any atom is 0.368 e. The Morgan fingerprint density at radius 1 is 2.00 bits per heavy atom. The molecule has 1 unspecified atom stereocenters. The predicted molar refractivity (Wildman–Crippen MR) is 17.5 cm³/mol. The quantitative estimate of drug-likeness (QED) is 0.366. The molecule has 0 aliphatic carbocycles. The highest BCUT2D eigenvalue weighted by Gasteiger charge is 1.82. The van der Waals surface area contributed by atoms with Crippen molar-refractivity contribution in [1.29, 1.82) is 5.26 Å². The van der Waals surface area contributed by atoms with Crippen LogP contribution in [0.25, 0.3) is 0 Å². The van der Waals surface area contributed by atoms with Crippen molar-refractivity contribution in [2.75, 3.05) is 0 Å². The largest absolute Gasteiger partial charge is 0.368 e. The first-order valence-corrected chi connectivity index (χ1v) is 1.98. The summed E-state index contributed by atoms with van der Waals surface area (Å²) >= 11 is -2.43. The fourth-order valence-electron chi connectivity index (χ4n) is 0.0319. The minimum absolute atomic E-state index is 1.02. The van der Waals surface area contributed by atoms with Crippen molar-refractivity contribution >= 4 is 11.4 Å². The average Bonchev–Trinajstić information content (AvgIpc) is 1.35. The zero-order chi connectivity index (χ0) is 4.99. The molecule has 0 aliphatic heterocycles. The van der Waals surface area contributed by atoms with Crippen LogP contribution in [0.5, 0.6) is 0 Å². The fraction of sp³-hybridized carbons (Fsp3) is 0. The maximum absolute atomic E-state index is 9.27. The minimum Gasteiger partial charge on any atom is -0.300 e. The van der Waals surface area contributed by atoms with E-state index < -0.39 is 11.4 Å². The van der Waals surface area contributed by atoms with E-state index in [0.29, 0.717) is 0 Å². The molecule has 4 nitrogen and oxygen atoms in total. The second-order valence-electron chi connectivity index (χ2n) is 0.392. The summed E-state index contributed by atoms with van der Waals surface area (Å²) in [5, 5.41) is 7.41. The molecule has 0 aromatic rings. The van der Waals surface area contributed by atoms with Gasteiger partial charge in [0.25, 0.3) is 0 Å². The highest BCUT2D eigenvalue weighted by molar-refractivity contribution is 7.74. The van der Waals surface area contributed by atoms with Crippen LogP contribution in [0, 0.1) is 11.5 Å². The van der Waals surface area contributed by atoms with Crippen LogP contribution in [0.15, 0.2) is 0 Å². The van der Waals surface area contributed by atoms with E-state index in [1.807, 2.05) is 0 Å². The molecule has 5 heteroatoms. The van der Waals surface area contributed by atoms with Crippen molar-refractivity contribution in [3.8, 4) is 6.26 Å². The molecule has 0 saturated heterocycles. The Balaban J connectivity index is 3.13. The first-order chi connectivity index (χ1) is 2.77. The van der Waals surface area contributed by atoms with Crippen LogP contribution in [-0.2, 0) is 15.5 Å². The van der Waals surface area contributed by atoms with Gasteiger partial charge in [0.15, 0.2) is 0 Å². The van der Waals surface area contributed by atoms with E-state index in [1.54, 1.807) is 0 Å². The van der Waals surface area contributed by atoms with Gasteiger partial charge in [0.05, 0.1) is 0 Å². The second-order valence-corrected chi connectivity index (χ2v) is 0.993. The Hall–Kier alpha value is -0.600. The molecular weight excluding hydrogens is 106 g/mol. The van der Waals surface area contributed by atoms with E-state index in [2.05, 4.69) is 4.18 Å². The summed E-state index contributed by atoms with van der Waals surface area (Å²) in [6.45, 7) is 0. The van der Waals surface area contributed by atoms with Gasteiger partial charge in [0.1, 0.15) is 0 Å².